The Morgan fingerprint density at radius 1 is 1.22 bits per heavy atom. The maximum absolute atomic E-state index is 12.9. The van der Waals surface area contributed by atoms with Gasteiger partial charge < -0.3 is 25.6 Å². The van der Waals surface area contributed by atoms with E-state index >= 15 is 0 Å². The van der Waals surface area contributed by atoms with Crippen LogP contribution in [-0.2, 0) is 25.0 Å². The summed E-state index contributed by atoms with van der Waals surface area (Å²) in [5.41, 5.74) is 7.93. The molecule has 3 aliphatic heterocycles. The second kappa shape index (κ2) is 8.45. The van der Waals surface area contributed by atoms with Gasteiger partial charge in [0.2, 0.25) is 5.91 Å². The van der Waals surface area contributed by atoms with Crippen LogP contribution in [-0.4, -0.2) is 87.2 Å². The van der Waals surface area contributed by atoms with Crippen molar-refractivity contribution in [3.63, 3.8) is 0 Å². The molecule has 3 aromatic heterocycles. The third-order valence-corrected chi connectivity index (χ3v) is 8.97. The summed E-state index contributed by atoms with van der Waals surface area (Å²) < 4.78 is 32.2. The molecule has 1 amide bonds. The minimum absolute atomic E-state index is 0.0135. The number of nitrogens with two attached hydrogens (primary N) is 1. The minimum Gasteiger partial charge on any atom is -0.387 e. The number of pyridine rings is 1. The molecule has 0 aliphatic carbocycles. The number of aromatic nitrogens is 4. The number of hydrogen-bond donors (Lipinski definition) is 3. The highest BCUT2D eigenvalue weighted by atomic mass is 32.2. The van der Waals surface area contributed by atoms with E-state index in [1.54, 1.807) is 29.4 Å². The van der Waals surface area contributed by atoms with Crippen LogP contribution in [0.5, 0.6) is 0 Å². The van der Waals surface area contributed by atoms with Crippen LogP contribution in [0, 0.1) is 0 Å². The molecule has 0 radical (unpaired) electrons. The van der Waals surface area contributed by atoms with Gasteiger partial charge >= 0.3 is 0 Å². The number of aliphatic hydroxyl groups is 2. The molecule has 13 heteroatoms. The number of sulfone groups is 1. The van der Waals surface area contributed by atoms with Crippen molar-refractivity contribution in [3.05, 3.63) is 35.9 Å². The fourth-order valence-corrected chi connectivity index (χ4v) is 7.10. The highest BCUT2D eigenvalue weighted by molar-refractivity contribution is 7.91. The quantitative estimate of drug-likeness (QED) is 0.416. The SMILES string of the molecule is CS(=O)(=O)c1c([C@@H]2C[C@H]3CC[C@@H](C2)N3C(=O)CO)nc2c(-c3ccc(C4(O)COC4)nc3)cnn2c1N. The van der Waals surface area contributed by atoms with Crippen molar-refractivity contribution in [3.8, 4) is 11.1 Å². The molecule has 37 heavy (non-hydrogen) atoms. The van der Waals surface area contributed by atoms with Crippen LogP contribution in [0.4, 0.5) is 5.82 Å². The van der Waals surface area contributed by atoms with Gasteiger partial charge in [0.15, 0.2) is 21.1 Å². The summed E-state index contributed by atoms with van der Waals surface area (Å²) in [6.07, 6.45) is 6.96. The van der Waals surface area contributed by atoms with Crippen LogP contribution in [0.25, 0.3) is 16.8 Å². The van der Waals surface area contributed by atoms with E-state index in [1.165, 1.54) is 4.52 Å². The van der Waals surface area contributed by atoms with Crippen LogP contribution in [0.3, 0.4) is 0 Å². The number of fused-ring (bicyclic) bond motifs is 3. The third-order valence-electron chi connectivity index (χ3n) is 7.81. The number of piperidine rings is 1. The summed E-state index contributed by atoms with van der Waals surface area (Å²) in [6.45, 7) is -0.160. The van der Waals surface area contributed by atoms with E-state index in [1.807, 2.05) is 0 Å². The molecule has 0 unspecified atom stereocenters. The Balaban J connectivity index is 1.44. The van der Waals surface area contributed by atoms with Gasteiger partial charge in [0, 0.05) is 41.6 Å². The average Bonchev–Trinajstić information content (AvgIpc) is 3.39. The lowest BCUT2D eigenvalue weighted by Crippen LogP contribution is -2.47. The van der Waals surface area contributed by atoms with Crippen LogP contribution in [0.2, 0.25) is 0 Å². The smallest absolute Gasteiger partial charge is 0.248 e. The predicted molar refractivity (Wildman–Crippen MR) is 131 cm³/mol. The Labute approximate surface area is 213 Å². The standard InChI is InChI=1S/C24H28N6O6S/c1-37(34,35)21-20(14-6-15-3-4-16(7-14)29(15)19(32)10-31)28-23-17(9-27-30(23)22(21)25)13-2-5-18(26-8-13)24(33)11-36-12-24/h2,5,8-9,14-16,31,33H,3-4,6-7,10-12,25H2,1H3/t14-,15-,16+. The highest BCUT2D eigenvalue weighted by Gasteiger charge is 2.45. The summed E-state index contributed by atoms with van der Waals surface area (Å²) in [7, 11) is -3.75. The maximum atomic E-state index is 12.9. The summed E-state index contributed by atoms with van der Waals surface area (Å²) in [5.74, 6) is -0.543. The predicted octanol–water partition coefficient (Wildman–Crippen LogP) is 0.224. The topological polar surface area (TPSA) is 173 Å². The molecule has 196 valence electrons. The molecule has 2 bridgehead atoms. The Hall–Kier alpha value is -3.13. The van der Waals surface area contributed by atoms with Crippen molar-refractivity contribution in [2.45, 2.75) is 54.2 Å². The van der Waals surface area contributed by atoms with Gasteiger partial charge in [-0.15, -0.1) is 0 Å². The molecular formula is C24H28N6O6S. The first-order chi connectivity index (χ1) is 17.6. The van der Waals surface area contributed by atoms with Gasteiger partial charge in [-0.3, -0.25) is 9.78 Å². The molecule has 0 aromatic carbocycles. The molecule has 3 aliphatic rings. The minimum atomic E-state index is -3.75. The summed E-state index contributed by atoms with van der Waals surface area (Å²) >= 11 is 0. The molecule has 6 heterocycles. The number of amides is 1. The number of carbonyl (C=O) groups excluding carboxylic acids is 1. The van der Waals surface area contributed by atoms with Gasteiger partial charge in [0.25, 0.3) is 0 Å². The summed E-state index contributed by atoms with van der Waals surface area (Å²) in [4.78, 5) is 23.3. The number of carbonyl (C=O) groups is 1. The van der Waals surface area contributed by atoms with E-state index in [0.29, 0.717) is 41.0 Å². The van der Waals surface area contributed by atoms with Gasteiger partial charge in [-0.05, 0) is 31.7 Å². The molecule has 0 spiro atoms. The zero-order valence-electron chi connectivity index (χ0n) is 20.2. The summed E-state index contributed by atoms with van der Waals surface area (Å²) in [6, 6.07) is 3.36. The lowest BCUT2D eigenvalue weighted by molar-refractivity contribution is -0.186. The first-order valence-electron chi connectivity index (χ1n) is 12.2. The molecule has 6 rings (SSSR count). The van der Waals surface area contributed by atoms with Gasteiger partial charge in [-0.25, -0.2) is 13.4 Å². The Morgan fingerprint density at radius 3 is 2.46 bits per heavy atom. The van der Waals surface area contributed by atoms with Gasteiger partial charge in [-0.2, -0.15) is 9.61 Å². The zero-order valence-corrected chi connectivity index (χ0v) is 21.1. The zero-order chi connectivity index (χ0) is 26.1. The van der Waals surface area contributed by atoms with E-state index in [2.05, 4.69) is 10.1 Å². The molecular weight excluding hydrogens is 500 g/mol. The molecule has 3 fully saturated rings. The molecule has 3 atom stereocenters. The highest BCUT2D eigenvalue weighted by Crippen LogP contribution is 2.45. The van der Waals surface area contributed by atoms with Crippen molar-refractivity contribution >= 4 is 27.2 Å². The third kappa shape index (κ3) is 3.79. The second-order valence-electron chi connectivity index (χ2n) is 10.2. The van der Waals surface area contributed by atoms with Gasteiger partial charge in [-0.1, -0.05) is 6.07 Å². The fraction of sp³-hybridized carbons (Fsp3) is 0.500. The Bertz CT molecular complexity index is 1490. The van der Waals surface area contributed by atoms with Crippen molar-refractivity contribution < 1.29 is 28.2 Å². The Morgan fingerprint density at radius 2 is 1.92 bits per heavy atom. The number of hydrogen-bond acceptors (Lipinski definition) is 10. The number of rotatable bonds is 5. The van der Waals surface area contributed by atoms with E-state index in [9.17, 15) is 23.4 Å². The van der Waals surface area contributed by atoms with Crippen LogP contribution in [0.1, 0.15) is 43.0 Å². The van der Waals surface area contributed by atoms with Crippen molar-refractivity contribution in [1.29, 1.82) is 0 Å². The maximum Gasteiger partial charge on any atom is 0.248 e. The van der Waals surface area contributed by atoms with Gasteiger partial charge in [0.05, 0.1) is 30.8 Å². The van der Waals surface area contributed by atoms with E-state index in [0.717, 1.165) is 19.1 Å². The van der Waals surface area contributed by atoms with E-state index < -0.39 is 22.0 Å². The number of anilines is 1. The summed E-state index contributed by atoms with van der Waals surface area (Å²) in [5, 5.41) is 24.2. The van der Waals surface area contributed by atoms with Crippen LogP contribution >= 0.6 is 0 Å². The van der Waals surface area contributed by atoms with Crippen molar-refractivity contribution in [2.24, 2.45) is 0 Å². The molecule has 12 nitrogen and oxygen atoms in total. The van der Waals surface area contributed by atoms with Gasteiger partial charge in [0.1, 0.15) is 17.3 Å². The van der Waals surface area contributed by atoms with Crippen molar-refractivity contribution in [2.75, 3.05) is 31.8 Å². The van der Waals surface area contributed by atoms with Crippen LogP contribution in [0.15, 0.2) is 29.4 Å². The number of aliphatic hydroxyl groups excluding tert-OH is 1. The molecule has 4 N–H and O–H groups in total. The lowest BCUT2D eigenvalue weighted by atomic mass is 9.87. The monoisotopic (exact) mass is 528 g/mol. The van der Waals surface area contributed by atoms with E-state index in [-0.39, 0.29) is 47.8 Å². The number of ether oxygens (including phenoxy) is 1. The average molecular weight is 529 g/mol. The normalized spacial score (nSPS) is 24.8. The number of nitrogens with zero attached hydrogens (tertiary/aromatic N) is 5. The van der Waals surface area contributed by atoms with E-state index in [4.69, 9.17) is 15.5 Å². The van der Waals surface area contributed by atoms with Crippen LogP contribution < -0.4 is 5.73 Å². The molecule has 3 saturated heterocycles. The van der Waals surface area contributed by atoms with Crippen molar-refractivity contribution in [1.82, 2.24) is 24.5 Å². The largest absolute Gasteiger partial charge is 0.387 e. The number of nitrogen functional groups attached to an aromatic ring is 1. The molecule has 3 aromatic rings. The Kier molecular flexibility index (Phi) is 5.53. The first-order valence-corrected chi connectivity index (χ1v) is 14.1. The molecule has 0 saturated carbocycles. The first kappa shape index (κ1) is 24.2. The second-order valence-corrected chi connectivity index (χ2v) is 12.2. The lowest BCUT2D eigenvalue weighted by Gasteiger charge is -2.39. The fourth-order valence-electron chi connectivity index (χ4n) is 6.04.